The van der Waals surface area contributed by atoms with Crippen LogP contribution < -0.4 is 20.1 Å². The maximum Gasteiger partial charge on any atom is 0.220 e. The molecule has 2 fully saturated rings. The van der Waals surface area contributed by atoms with Crippen LogP contribution in [-0.2, 0) is 11.3 Å². The van der Waals surface area contributed by atoms with Gasteiger partial charge < -0.3 is 25.0 Å². The lowest BCUT2D eigenvalue weighted by molar-refractivity contribution is -0.119. The van der Waals surface area contributed by atoms with E-state index >= 15 is 0 Å². The van der Waals surface area contributed by atoms with E-state index in [0.29, 0.717) is 26.2 Å². The molecule has 1 atom stereocenters. The van der Waals surface area contributed by atoms with Crippen LogP contribution in [0.2, 0.25) is 0 Å². The Morgan fingerprint density at radius 1 is 1.32 bits per heavy atom. The van der Waals surface area contributed by atoms with Crippen molar-refractivity contribution in [2.45, 2.75) is 39.2 Å². The highest BCUT2D eigenvalue weighted by molar-refractivity contribution is 5.81. The third-order valence-electron chi connectivity index (χ3n) is 5.74. The molecule has 7 heteroatoms. The number of ether oxygens (including phenoxy) is 2. The van der Waals surface area contributed by atoms with Crippen molar-refractivity contribution in [2.75, 3.05) is 39.4 Å². The van der Waals surface area contributed by atoms with E-state index in [1.165, 1.54) is 0 Å². The lowest BCUT2D eigenvalue weighted by atomic mass is 9.79. The molecule has 4 rings (SSSR count). The Morgan fingerprint density at radius 2 is 2.21 bits per heavy atom. The maximum absolute atomic E-state index is 11.8. The Hall–Kier alpha value is -2.44. The number of hydrogen-bond acceptors (Lipinski definition) is 4. The molecule has 2 N–H and O–H groups in total. The van der Waals surface area contributed by atoms with Gasteiger partial charge in [0.1, 0.15) is 0 Å². The molecular formula is C21H30N4O3. The van der Waals surface area contributed by atoms with E-state index in [-0.39, 0.29) is 11.3 Å². The predicted molar refractivity (Wildman–Crippen MR) is 108 cm³/mol. The van der Waals surface area contributed by atoms with Gasteiger partial charge in [0.05, 0.1) is 19.8 Å². The summed E-state index contributed by atoms with van der Waals surface area (Å²) in [4.78, 5) is 19.0. The van der Waals surface area contributed by atoms with E-state index in [4.69, 9.17) is 14.5 Å². The highest BCUT2D eigenvalue weighted by Crippen LogP contribution is 2.36. The number of carbonyl (C=O) groups excluding carboxylic acids is 1. The number of benzene rings is 1. The van der Waals surface area contributed by atoms with Crippen molar-refractivity contribution >= 4 is 11.9 Å². The number of aliphatic imine (C=N–C) groups is 1. The average Bonchev–Trinajstić information content (AvgIpc) is 2.91. The summed E-state index contributed by atoms with van der Waals surface area (Å²) in [7, 11) is 0. The monoisotopic (exact) mass is 386 g/mol. The lowest BCUT2D eigenvalue weighted by Crippen LogP contribution is -2.51. The summed E-state index contributed by atoms with van der Waals surface area (Å²) in [6.07, 6.45) is 3.69. The minimum atomic E-state index is 0.0479. The molecule has 1 amide bonds. The van der Waals surface area contributed by atoms with Crippen LogP contribution in [0.25, 0.3) is 0 Å². The van der Waals surface area contributed by atoms with Crippen molar-refractivity contribution in [1.29, 1.82) is 0 Å². The van der Waals surface area contributed by atoms with Crippen LogP contribution >= 0.6 is 0 Å². The van der Waals surface area contributed by atoms with E-state index in [0.717, 1.165) is 68.5 Å². The van der Waals surface area contributed by atoms with Crippen molar-refractivity contribution in [2.24, 2.45) is 10.4 Å². The molecular weight excluding hydrogens is 356 g/mol. The van der Waals surface area contributed by atoms with E-state index in [9.17, 15) is 4.79 Å². The second kappa shape index (κ2) is 8.29. The number of nitrogens with one attached hydrogen (secondary N) is 2. The number of fused-ring (bicyclic) bond motifs is 1. The maximum atomic E-state index is 11.8. The molecule has 1 aromatic carbocycles. The first-order valence-corrected chi connectivity index (χ1v) is 10.4. The lowest BCUT2D eigenvalue weighted by Gasteiger charge is -2.40. The third-order valence-corrected chi connectivity index (χ3v) is 5.74. The number of nitrogens with zero attached hydrogens (tertiary/aromatic N) is 2. The molecule has 0 aromatic heterocycles. The van der Waals surface area contributed by atoms with Crippen LogP contribution in [0.4, 0.5) is 0 Å². The van der Waals surface area contributed by atoms with Gasteiger partial charge in [-0.1, -0.05) is 12.1 Å². The molecule has 1 aromatic rings. The topological polar surface area (TPSA) is 75.2 Å². The van der Waals surface area contributed by atoms with Crippen LogP contribution in [0, 0.1) is 5.41 Å². The van der Waals surface area contributed by atoms with Crippen molar-refractivity contribution < 1.29 is 14.3 Å². The summed E-state index contributed by atoms with van der Waals surface area (Å²) in [5, 5.41) is 6.44. The van der Waals surface area contributed by atoms with Gasteiger partial charge in [0, 0.05) is 50.0 Å². The van der Waals surface area contributed by atoms with Gasteiger partial charge in [-0.05, 0) is 25.8 Å². The molecule has 0 bridgehead atoms. The third kappa shape index (κ3) is 4.03. The largest absolute Gasteiger partial charge is 0.490 e. The van der Waals surface area contributed by atoms with Crippen LogP contribution in [-0.4, -0.2) is 56.2 Å². The Bertz CT molecular complexity index is 751. The first-order valence-electron chi connectivity index (χ1n) is 10.4. The Balaban J connectivity index is 1.52. The second-order valence-corrected chi connectivity index (χ2v) is 7.94. The minimum Gasteiger partial charge on any atom is -0.490 e. The molecule has 3 aliphatic heterocycles. The van der Waals surface area contributed by atoms with Crippen LogP contribution in [0.15, 0.2) is 23.2 Å². The van der Waals surface area contributed by atoms with Gasteiger partial charge in [-0.3, -0.25) is 4.79 Å². The number of piperidine rings is 1. The van der Waals surface area contributed by atoms with Gasteiger partial charge in [-0.15, -0.1) is 0 Å². The Kier molecular flexibility index (Phi) is 5.59. The fourth-order valence-corrected chi connectivity index (χ4v) is 4.39. The number of hydrogen-bond donors (Lipinski definition) is 2. The molecule has 3 heterocycles. The molecule has 152 valence electrons. The molecule has 7 nitrogen and oxygen atoms in total. The Morgan fingerprint density at radius 3 is 3.04 bits per heavy atom. The normalized spacial score (nSPS) is 24.8. The quantitative estimate of drug-likeness (QED) is 0.613. The van der Waals surface area contributed by atoms with Gasteiger partial charge in [0.2, 0.25) is 5.91 Å². The van der Waals surface area contributed by atoms with Gasteiger partial charge in [0.15, 0.2) is 17.5 Å². The smallest absolute Gasteiger partial charge is 0.220 e. The van der Waals surface area contributed by atoms with Crippen molar-refractivity contribution in [3.63, 3.8) is 0 Å². The van der Waals surface area contributed by atoms with E-state index in [2.05, 4.69) is 28.5 Å². The van der Waals surface area contributed by atoms with Crippen molar-refractivity contribution in [3.05, 3.63) is 23.8 Å². The van der Waals surface area contributed by atoms with E-state index in [1.54, 1.807) is 0 Å². The fraction of sp³-hybridized carbons (Fsp3) is 0.619. The first kappa shape index (κ1) is 18.9. The molecule has 2 saturated heterocycles. The van der Waals surface area contributed by atoms with Crippen LogP contribution in [0.1, 0.15) is 38.2 Å². The predicted octanol–water partition coefficient (Wildman–Crippen LogP) is 1.92. The van der Waals surface area contributed by atoms with E-state index < -0.39 is 0 Å². The molecule has 3 aliphatic rings. The van der Waals surface area contributed by atoms with Crippen molar-refractivity contribution in [3.8, 4) is 11.5 Å². The average molecular weight is 386 g/mol. The summed E-state index contributed by atoms with van der Waals surface area (Å²) in [5.74, 6) is 2.71. The highest BCUT2D eigenvalue weighted by Gasteiger charge is 2.42. The van der Waals surface area contributed by atoms with Gasteiger partial charge >= 0.3 is 0 Å². The van der Waals surface area contributed by atoms with Gasteiger partial charge in [-0.25, -0.2) is 4.99 Å². The number of rotatable bonds is 3. The second-order valence-electron chi connectivity index (χ2n) is 7.94. The van der Waals surface area contributed by atoms with Crippen LogP contribution in [0.3, 0.4) is 0 Å². The molecule has 28 heavy (non-hydrogen) atoms. The molecule has 1 unspecified atom stereocenters. The van der Waals surface area contributed by atoms with Crippen LogP contribution in [0.5, 0.6) is 11.5 Å². The number of para-hydroxylation sites is 1. The zero-order valence-electron chi connectivity index (χ0n) is 16.6. The summed E-state index contributed by atoms with van der Waals surface area (Å²) in [6, 6.07) is 6.01. The molecule has 0 radical (unpaired) electrons. The van der Waals surface area contributed by atoms with Gasteiger partial charge in [0.25, 0.3) is 0 Å². The number of likely N-dealkylation sites (tertiary alicyclic amines) is 1. The zero-order valence-corrected chi connectivity index (χ0v) is 16.6. The Labute approximate surface area is 166 Å². The number of carbonyl (C=O) groups is 1. The first-order chi connectivity index (χ1) is 13.7. The fourth-order valence-electron chi connectivity index (χ4n) is 4.39. The highest BCUT2D eigenvalue weighted by atomic mass is 16.5. The number of amides is 1. The van der Waals surface area contributed by atoms with Gasteiger partial charge in [-0.2, -0.15) is 0 Å². The van der Waals surface area contributed by atoms with E-state index in [1.807, 2.05) is 12.1 Å². The number of guanidine groups is 1. The molecule has 1 spiro atoms. The SMILES string of the molecule is CCNC(=NCc1cccc2c1OCCCO2)N1CCCC2(CNC(=O)C2)C1. The summed E-state index contributed by atoms with van der Waals surface area (Å²) < 4.78 is 11.7. The summed E-state index contributed by atoms with van der Waals surface area (Å²) in [6.45, 7) is 7.40. The molecule has 0 aliphatic carbocycles. The molecule has 0 saturated carbocycles. The zero-order chi connectivity index (χ0) is 19.4. The minimum absolute atomic E-state index is 0.0479. The summed E-state index contributed by atoms with van der Waals surface area (Å²) >= 11 is 0. The summed E-state index contributed by atoms with van der Waals surface area (Å²) in [5.41, 5.74) is 1.09. The van der Waals surface area contributed by atoms with Crippen molar-refractivity contribution in [1.82, 2.24) is 15.5 Å². The standard InChI is InChI=1S/C21H30N4O3/c1-2-22-20(25-9-4-8-21(15-25)12-18(26)24-14-21)23-13-16-6-3-7-17-19(16)28-11-5-10-27-17/h3,6-7H,2,4-5,8-15H2,1H3,(H,22,23)(H,24,26).